The fraction of sp³-hybridized carbons (Fsp3) is 0.909. The number of rotatable bonds is 10. The van der Waals surface area contributed by atoms with E-state index in [1.165, 1.54) is 64.2 Å². The molecule has 2 aliphatic carbocycles. The van der Waals surface area contributed by atoms with Gasteiger partial charge < -0.3 is 9.47 Å². The van der Waals surface area contributed by atoms with E-state index in [1.807, 2.05) is 6.26 Å². The average molecular weight is 337 g/mol. The van der Waals surface area contributed by atoms with Crippen molar-refractivity contribution in [3.8, 4) is 0 Å². The van der Waals surface area contributed by atoms with Crippen LogP contribution < -0.4 is 0 Å². The van der Waals surface area contributed by atoms with E-state index in [1.54, 1.807) is 0 Å². The van der Waals surface area contributed by atoms with Crippen LogP contribution in [0.1, 0.15) is 84.5 Å². The Hall–Kier alpha value is -0.500. The minimum Gasteiger partial charge on any atom is -0.501 e. The van der Waals surface area contributed by atoms with E-state index in [4.69, 9.17) is 9.47 Å². The minimum atomic E-state index is 0.803. The first-order valence-electron chi connectivity index (χ1n) is 10.7. The van der Waals surface area contributed by atoms with Crippen LogP contribution in [0.4, 0.5) is 0 Å². The molecule has 0 atom stereocenters. The van der Waals surface area contributed by atoms with Crippen molar-refractivity contribution in [3.05, 3.63) is 12.3 Å². The summed E-state index contributed by atoms with van der Waals surface area (Å²) in [4.78, 5) is 0. The molecule has 0 aromatic heterocycles. The van der Waals surface area contributed by atoms with Gasteiger partial charge in [-0.05, 0) is 62.7 Å². The molecule has 0 saturated heterocycles. The van der Waals surface area contributed by atoms with Gasteiger partial charge in [-0.2, -0.15) is 0 Å². The molecule has 0 bridgehead atoms. The molecule has 0 unspecified atom stereocenters. The van der Waals surface area contributed by atoms with Gasteiger partial charge in [-0.3, -0.25) is 0 Å². The van der Waals surface area contributed by atoms with Crippen molar-refractivity contribution >= 4 is 0 Å². The summed E-state index contributed by atoms with van der Waals surface area (Å²) in [5, 5.41) is 0. The Morgan fingerprint density at radius 1 is 0.708 bits per heavy atom. The Balaban J connectivity index is 1.51. The van der Waals surface area contributed by atoms with Crippen molar-refractivity contribution < 1.29 is 9.47 Å². The quantitative estimate of drug-likeness (QED) is 0.432. The fourth-order valence-electron chi connectivity index (χ4n) is 4.49. The highest BCUT2D eigenvalue weighted by Gasteiger charge is 2.24. The van der Waals surface area contributed by atoms with Crippen LogP contribution >= 0.6 is 0 Å². The van der Waals surface area contributed by atoms with E-state index in [-0.39, 0.29) is 0 Å². The van der Waals surface area contributed by atoms with Gasteiger partial charge in [0.15, 0.2) is 0 Å². The largest absolute Gasteiger partial charge is 0.501 e. The molecule has 0 heterocycles. The number of allylic oxidation sites excluding steroid dienone is 1. The lowest BCUT2D eigenvalue weighted by Crippen LogP contribution is -2.21. The van der Waals surface area contributed by atoms with E-state index in [2.05, 4.69) is 19.9 Å². The molecule has 2 saturated carbocycles. The van der Waals surface area contributed by atoms with Crippen LogP contribution in [-0.2, 0) is 9.47 Å². The number of hydrogen-bond acceptors (Lipinski definition) is 2. The monoisotopic (exact) mass is 336 g/mol. The van der Waals surface area contributed by atoms with Crippen molar-refractivity contribution in [1.29, 1.82) is 0 Å². The van der Waals surface area contributed by atoms with E-state index >= 15 is 0 Å². The highest BCUT2D eigenvalue weighted by molar-refractivity contribution is 4.77. The van der Waals surface area contributed by atoms with E-state index in [9.17, 15) is 0 Å². The molecule has 2 heteroatoms. The molecule has 0 spiro atoms. The Kier molecular flexibility index (Phi) is 9.87. The molecule has 2 nitrogen and oxygen atoms in total. The summed E-state index contributed by atoms with van der Waals surface area (Å²) in [5.74, 6) is 3.65. The Morgan fingerprint density at radius 3 is 1.71 bits per heavy atom. The van der Waals surface area contributed by atoms with Gasteiger partial charge in [-0.15, -0.1) is 0 Å². The van der Waals surface area contributed by atoms with Gasteiger partial charge in [0.25, 0.3) is 0 Å². The third-order valence-corrected chi connectivity index (χ3v) is 6.23. The van der Waals surface area contributed by atoms with Crippen LogP contribution in [-0.4, -0.2) is 19.8 Å². The van der Waals surface area contributed by atoms with E-state index in [0.29, 0.717) is 0 Å². The minimum absolute atomic E-state index is 0.803. The Bertz CT molecular complexity index is 323. The van der Waals surface area contributed by atoms with Crippen LogP contribution in [0.15, 0.2) is 12.3 Å². The molecule has 0 radical (unpaired) electrons. The molecular weight excluding hydrogens is 296 g/mol. The first-order valence-corrected chi connectivity index (χ1v) is 10.7. The maximum atomic E-state index is 5.65. The van der Waals surface area contributed by atoms with Gasteiger partial charge in [0.05, 0.1) is 12.9 Å². The molecule has 0 aromatic carbocycles. The molecule has 2 aliphatic rings. The van der Waals surface area contributed by atoms with Crippen LogP contribution in [0.3, 0.4) is 0 Å². The second-order valence-corrected chi connectivity index (χ2v) is 8.12. The lowest BCUT2D eigenvalue weighted by atomic mass is 9.76. The van der Waals surface area contributed by atoms with E-state index in [0.717, 1.165) is 49.9 Å². The molecule has 0 N–H and O–H groups in total. The third-order valence-electron chi connectivity index (χ3n) is 6.23. The average Bonchev–Trinajstić information content (AvgIpc) is 2.64. The summed E-state index contributed by atoms with van der Waals surface area (Å²) >= 11 is 0. The van der Waals surface area contributed by atoms with Gasteiger partial charge >= 0.3 is 0 Å². The molecule has 0 aromatic rings. The molecule has 140 valence electrons. The predicted molar refractivity (Wildman–Crippen MR) is 102 cm³/mol. The molecule has 0 aliphatic heterocycles. The SMILES string of the molecule is CC/C=C\OCC1CCC(CCC2CCC(COCC)CC2)CC1. The normalized spacial score (nSPS) is 31.4. The highest BCUT2D eigenvalue weighted by atomic mass is 16.5. The lowest BCUT2D eigenvalue weighted by molar-refractivity contribution is 0.0838. The molecule has 2 rings (SSSR count). The molecular formula is C22H40O2. The predicted octanol–water partition coefficient (Wildman–Crippen LogP) is 6.36. The van der Waals surface area contributed by atoms with Gasteiger partial charge in [0, 0.05) is 13.2 Å². The van der Waals surface area contributed by atoms with Crippen LogP contribution in [0.5, 0.6) is 0 Å². The smallest absolute Gasteiger partial charge is 0.0901 e. The zero-order valence-electron chi connectivity index (χ0n) is 16.2. The summed E-state index contributed by atoms with van der Waals surface area (Å²) in [6.07, 6.45) is 19.4. The van der Waals surface area contributed by atoms with Crippen LogP contribution in [0.2, 0.25) is 0 Å². The third kappa shape index (κ3) is 7.59. The Labute approximate surface area is 150 Å². The Morgan fingerprint density at radius 2 is 1.21 bits per heavy atom. The van der Waals surface area contributed by atoms with Gasteiger partial charge in [-0.25, -0.2) is 0 Å². The summed E-state index contributed by atoms with van der Waals surface area (Å²) in [6.45, 7) is 7.07. The number of ether oxygens (including phenoxy) is 2. The van der Waals surface area contributed by atoms with Crippen molar-refractivity contribution in [3.63, 3.8) is 0 Å². The van der Waals surface area contributed by atoms with Gasteiger partial charge in [0.2, 0.25) is 0 Å². The maximum Gasteiger partial charge on any atom is 0.0901 e. The fourth-order valence-corrected chi connectivity index (χ4v) is 4.49. The second-order valence-electron chi connectivity index (χ2n) is 8.12. The van der Waals surface area contributed by atoms with Gasteiger partial charge in [-0.1, -0.05) is 51.5 Å². The lowest BCUT2D eigenvalue weighted by Gasteiger charge is -2.31. The van der Waals surface area contributed by atoms with Gasteiger partial charge in [0.1, 0.15) is 0 Å². The van der Waals surface area contributed by atoms with E-state index < -0.39 is 0 Å². The molecule has 0 amide bonds. The molecule has 2 fully saturated rings. The van der Waals surface area contributed by atoms with Crippen molar-refractivity contribution in [2.24, 2.45) is 23.7 Å². The van der Waals surface area contributed by atoms with Crippen molar-refractivity contribution in [2.75, 3.05) is 19.8 Å². The summed E-state index contributed by atoms with van der Waals surface area (Å²) in [7, 11) is 0. The highest BCUT2D eigenvalue weighted by Crippen LogP contribution is 2.36. The maximum absolute atomic E-state index is 5.65. The first kappa shape index (κ1) is 19.8. The number of hydrogen-bond donors (Lipinski definition) is 0. The summed E-state index contributed by atoms with van der Waals surface area (Å²) in [6, 6.07) is 0. The van der Waals surface area contributed by atoms with Crippen molar-refractivity contribution in [1.82, 2.24) is 0 Å². The topological polar surface area (TPSA) is 18.5 Å². The zero-order chi connectivity index (χ0) is 17.0. The summed E-state index contributed by atoms with van der Waals surface area (Å²) < 4.78 is 11.3. The van der Waals surface area contributed by atoms with Crippen LogP contribution in [0, 0.1) is 23.7 Å². The molecule has 24 heavy (non-hydrogen) atoms. The second kappa shape index (κ2) is 12.0. The van der Waals surface area contributed by atoms with Crippen LogP contribution in [0.25, 0.3) is 0 Å². The zero-order valence-corrected chi connectivity index (χ0v) is 16.2. The standard InChI is InChI=1S/C22H40O2/c1-3-5-16-24-18-22-14-10-20(11-15-22)7-6-19-8-12-21(13-9-19)17-23-4-2/h5,16,19-22H,3-4,6-15,17-18H2,1-2H3/b16-5-. The summed E-state index contributed by atoms with van der Waals surface area (Å²) in [5.41, 5.74) is 0. The van der Waals surface area contributed by atoms with Crippen molar-refractivity contribution in [2.45, 2.75) is 84.5 Å². The first-order chi connectivity index (χ1) is 11.8.